The molecule has 0 bridgehead atoms. The monoisotopic (exact) mass is 287 g/mol. The van der Waals surface area contributed by atoms with Gasteiger partial charge in [-0.15, -0.1) is 23.1 Å². The third-order valence-corrected chi connectivity index (χ3v) is 4.64. The highest BCUT2D eigenvalue weighted by molar-refractivity contribution is 8.00. The molecule has 1 aliphatic heterocycles. The van der Waals surface area contributed by atoms with Crippen molar-refractivity contribution in [1.82, 2.24) is 15.2 Å². The molecular weight excluding hydrogens is 274 g/mol. The van der Waals surface area contributed by atoms with Gasteiger partial charge < -0.3 is 10.4 Å². The summed E-state index contributed by atoms with van der Waals surface area (Å²) in [6.07, 6.45) is 1.68. The molecule has 1 saturated heterocycles. The average molecular weight is 287 g/mol. The van der Waals surface area contributed by atoms with E-state index in [1.807, 2.05) is 6.92 Å². The van der Waals surface area contributed by atoms with Gasteiger partial charge in [-0.25, -0.2) is 9.59 Å². The van der Waals surface area contributed by atoms with Crippen LogP contribution in [0.25, 0.3) is 0 Å². The maximum Gasteiger partial charge on any atom is 0.327 e. The van der Waals surface area contributed by atoms with E-state index in [1.165, 1.54) is 28.0 Å². The van der Waals surface area contributed by atoms with Crippen LogP contribution in [0.5, 0.6) is 0 Å². The molecule has 2 rings (SSSR count). The number of carbonyl (C=O) groups excluding carboxylic acids is 1. The van der Waals surface area contributed by atoms with E-state index >= 15 is 0 Å². The van der Waals surface area contributed by atoms with Crippen LogP contribution in [0.15, 0.2) is 11.7 Å². The van der Waals surface area contributed by atoms with E-state index in [4.69, 9.17) is 5.11 Å². The van der Waals surface area contributed by atoms with Crippen LogP contribution in [-0.4, -0.2) is 44.2 Å². The van der Waals surface area contributed by atoms with Crippen LogP contribution in [0, 0.1) is 0 Å². The van der Waals surface area contributed by atoms with E-state index in [0.717, 1.165) is 4.88 Å². The Morgan fingerprint density at radius 1 is 1.67 bits per heavy atom. The zero-order valence-electron chi connectivity index (χ0n) is 9.70. The van der Waals surface area contributed by atoms with Gasteiger partial charge >= 0.3 is 12.0 Å². The molecule has 1 aliphatic rings. The number of carboxylic acids is 1. The Morgan fingerprint density at radius 3 is 3.06 bits per heavy atom. The van der Waals surface area contributed by atoms with Gasteiger partial charge in [0.25, 0.3) is 0 Å². The van der Waals surface area contributed by atoms with Crippen LogP contribution in [0.3, 0.4) is 0 Å². The molecule has 1 fully saturated rings. The molecule has 98 valence electrons. The largest absolute Gasteiger partial charge is 0.480 e. The Balaban J connectivity index is 1.96. The van der Waals surface area contributed by atoms with Crippen molar-refractivity contribution in [2.45, 2.75) is 24.9 Å². The number of rotatable bonds is 3. The molecule has 0 aromatic carbocycles. The maximum absolute atomic E-state index is 12.0. The molecule has 0 aliphatic carbocycles. The van der Waals surface area contributed by atoms with Gasteiger partial charge in [-0.05, 0) is 6.92 Å². The number of aromatic nitrogens is 1. The number of amides is 2. The minimum atomic E-state index is -0.959. The molecule has 8 heteroatoms. The van der Waals surface area contributed by atoms with Crippen molar-refractivity contribution in [3.05, 3.63) is 16.6 Å². The molecule has 2 N–H and O–H groups in total. The lowest BCUT2D eigenvalue weighted by Gasteiger charge is -2.25. The summed E-state index contributed by atoms with van der Waals surface area (Å²) in [5.74, 6) is -0.524. The summed E-state index contributed by atoms with van der Waals surface area (Å²) in [7, 11) is 0. The van der Waals surface area contributed by atoms with E-state index in [1.54, 1.807) is 11.7 Å². The number of aliphatic carboxylic acids is 1. The number of thiazole rings is 1. The van der Waals surface area contributed by atoms with Crippen LogP contribution in [-0.2, 0) is 11.3 Å². The Hall–Kier alpha value is -1.28. The van der Waals surface area contributed by atoms with E-state index in [-0.39, 0.29) is 11.4 Å². The summed E-state index contributed by atoms with van der Waals surface area (Å²) in [6.45, 7) is 2.21. The highest BCUT2D eigenvalue weighted by Crippen LogP contribution is 2.28. The third kappa shape index (κ3) is 2.75. The fourth-order valence-electron chi connectivity index (χ4n) is 1.72. The maximum atomic E-state index is 12.0. The summed E-state index contributed by atoms with van der Waals surface area (Å²) in [4.78, 5) is 29.3. The number of carbonyl (C=O) groups is 2. The lowest BCUT2D eigenvalue weighted by molar-refractivity contribution is -0.141. The van der Waals surface area contributed by atoms with Gasteiger partial charge in [-0.2, -0.15) is 0 Å². The van der Waals surface area contributed by atoms with Crippen molar-refractivity contribution in [2.75, 3.05) is 5.75 Å². The number of urea groups is 1. The number of hydrogen-bond donors (Lipinski definition) is 2. The molecule has 18 heavy (non-hydrogen) atoms. The molecular formula is C10H13N3O3S2. The topological polar surface area (TPSA) is 82.5 Å². The van der Waals surface area contributed by atoms with Gasteiger partial charge in [0.15, 0.2) is 0 Å². The second-order valence-electron chi connectivity index (χ2n) is 3.82. The molecule has 0 saturated carbocycles. The van der Waals surface area contributed by atoms with Gasteiger partial charge in [-0.1, -0.05) is 0 Å². The van der Waals surface area contributed by atoms with Crippen molar-refractivity contribution in [3.8, 4) is 0 Å². The van der Waals surface area contributed by atoms with Crippen molar-refractivity contribution >= 4 is 35.1 Å². The van der Waals surface area contributed by atoms with Gasteiger partial charge in [0.05, 0.1) is 17.4 Å². The van der Waals surface area contributed by atoms with E-state index in [9.17, 15) is 9.59 Å². The predicted molar refractivity (Wildman–Crippen MR) is 69.5 cm³/mol. The van der Waals surface area contributed by atoms with Gasteiger partial charge in [0.2, 0.25) is 0 Å². The predicted octanol–water partition coefficient (Wildman–Crippen LogP) is 1.20. The summed E-state index contributed by atoms with van der Waals surface area (Å²) in [5, 5.41) is 11.7. The first-order valence-corrected chi connectivity index (χ1v) is 7.30. The molecule has 2 atom stereocenters. The quantitative estimate of drug-likeness (QED) is 0.873. The van der Waals surface area contributed by atoms with Crippen LogP contribution >= 0.6 is 23.1 Å². The van der Waals surface area contributed by atoms with E-state index in [2.05, 4.69) is 10.3 Å². The zero-order valence-corrected chi connectivity index (χ0v) is 11.3. The summed E-state index contributed by atoms with van der Waals surface area (Å²) in [6, 6.07) is -1.08. The fraction of sp³-hybridized carbons (Fsp3) is 0.500. The number of carboxylic acid groups (broad SMARTS) is 1. The molecule has 2 heterocycles. The second kappa shape index (κ2) is 5.57. The number of nitrogens with zero attached hydrogens (tertiary/aromatic N) is 2. The van der Waals surface area contributed by atoms with Gasteiger partial charge in [0.1, 0.15) is 6.04 Å². The first-order valence-electron chi connectivity index (χ1n) is 5.37. The lowest BCUT2D eigenvalue weighted by Crippen LogP contribution is -2.49. The fourth-order valence-corrected chi connectivity index (χ4v) is 3.43. The molecule has 1 aromatic rings. The van der Waals surface area contributed by atoms with Gasteiger partial charge in [-0.3, -0.25) is 9.88 Å². The molecule has 0 radical (unpaired) electrons. The number of thioether (sulfide) groups is 1. The smallest absolute Gasteiger partial charge is 0.327 e. The summed E-state index contributed by atoms with van der Waals surface area (Å²) in [5.41, 5.74) is 1.69. The van der Waals surface area contributed by atoms with Crippen LogP contribution in [0.2, 0.25) is 0 Å². The minimum absolute atomic E-state index is 0.118. The van der Waals surface area contributed by atoms with E-state index < -0.39 is 12.0 Å². The second-order valence-corrected chi connectivity index (χ2v) is 6.14. The van der Waals surface area contributed by atoms with Crippen LogP contribution in [0.1, 0.15) is 11.8 Å². The highest BCUT2D eigenvalue weighted by atomic mass is 32.2. The Morgan fingerprint density at radius 2 is 2.44 bits per heavy atom. The first kappa shape index (κ1) is 13.2. The van der Waals surface area contributed by atoms with Gasteiger partial charge in [0, 0.05) is 16.8 Å². The standard InChI is InChI=1S/C10H13N3O3S2/c1-6-13(8(4-17-6)9(14)15)10(16)12-3-7-2-11-5-18-7/h2,5-6,8H,3-4H2,1H3,(H,12,16)(H,14,15). The zero-order chi connectivity index (χ0) is 13.1. The van der Waals surface area contributed by atoms with Crippen molar-refractivity contribution in [3.63, 3.8) is 0 Å². The molecule has 2 amide bonds. The SMILES string of the molecule is CC1SCC(C(=O)O)N1C(=O)NCc1cncs1. The highest BCUT2D eigenvalue weighted by Gasteiger charge is 2.39. The summed E-state index contributed by atoms with van der Waals surface area (Å²) >= 11 is 2.92. The third-order valence-electron chi connectivity index (χ3n) is 2.64. The Kier molecular flexibility index (Phi) is 4.07. The normalized spacial score (nSPS) is 23.1. The number of nitrogens with one attached hydrogen (secondary N) is 1. The molecule has 6 nitrogen and oxygen atoms in total. The van der Waals surface area contributed by atoms with Crippen molar-refractivity contribution in [2.24, 2.45) is 0 Å². The Bertz CT molecular complexity index is 438. The molecule has 2 unspecified atom stereocenters. The van der Waals surface area contributed by atoms with Crippen molar-refractivity contribution in [1.29, 1.82) is 0 Å². The minimum Gasteiger partial charge on any atom is -0.480 e. The van der Waals surface area contributed by atoms with Crippen LogP contribution < -0.4 is 5.32 Å². The van der Waals surface area contributed by atoms with Crippen LogP contribution in [0.4, 0.5) is 4.79 Å². The average Bonchev–Trinajstić information content (AvgIpc) is 2.94. The van der Waals surface area contributed by atoms with Crippen molar-refractivity contribution < 1.29 is 14.7 Å². The summed E-state index contributed by atoms with van der Waals surface area (Å²) < 4.78 is 0. The first-order chi connectivity index (χ1) is 8.59. The molecule has 1 aromatic heterocycles. The Labute approximate surface area is 112 Å². The number of hydrogen-bond acceptors (Lipinski definition) is 5. The van der Waals surface area contributed by atoms with E-state index in [0.29, 0.717) is 12.3 Å². The molecule has 0 spiro atoms. The lowest BCUT2D eigenvalue weighted by atomic mass is 10.3.